The summed E-state index contributed by atoms with van der Waals surface area (Å²) in [5.74, 6) is 0.785. The van der Waals surface area contributed by atoms with Crippen LogP contribution in [0.5, 0.6) is 5.75 Å². The number of aryl methyl sites for hydroxylation is 1. The van der Waals surface area contributed by atoms with E-state index in [0.717, 1.165) is 17.9 Å². The Bertz CT molecular complexity index is 552. The molecule has 0 aliphatic heterocycles. The molecule has 1 aromatic heterocycles. The van der Waals surface area contributed by atoms with Gasteiger partial charge < -0.3 is 4.74 Å². The monoisotopic (exact) mass is 279 g/mol. The van der Waals surface area contributed by atoms with Gasteiger partial charge >= 0.3 is 0 Å². The van der Waals surface area contributed by atoms with Crippen molar-refractivity contribution < 1.29 is 9.53 Å². The fourth-order valence-corrected chi connectivity index (χ4v) is 1.76. The Morgan fingerprint density at radius 1 is 1.37 bits per heavy atom. The lowest BCUT2D eigenvalue weighted by Crippen LogP contribution is -2.07. The second-order valence-electron chi connectivity index (χ2n) is 4.06. The number of nitrogens with zero attached hydrogens (tertiary/aromatic N) is 3. The van der Waals surface area contributed by atoms with Gasteiger partial charge in [-0.25, -0.2) is 4.68 Å². The molecule has 1 heterocycles. The van der Waals surface area contributed by atoms with E-state index in [1.165, 1.54) is 0 Å². The maximum Gasteiger partial charge on any atom is 0.172 e. The summed E-state index contributed by atoms with van der Waals surface area (Å²) in [7, 11) is 0. The van der Waals surface area contributed by atoms with Crippen molar-refractivity contribution in [1.29, 1.82) is 0 Å². The number of rotatable bonds is 6. The molecule has 0 fully saturated rings. The summed E-state index contributed by atoms with van der Waals surface area (Å²) in [6.07, 6.45) is 1.49. The first-order valence-electron chi connectivity index (χ1n) is 5.94. The van der Waals surface area contributed by atoms with Crippen LogP contribution in [0.1, 0.15) is 22.6 Å². The molecular weight excluding hydrogens is 266 g/mol. The van der Waals surface area contributed by atoms with Crippen molar-refractivity contribution in [3.05, 3.63) is 40.7 Å². The fourth-order valence-electron chi connectivity index (χ4n) is 1.63. The van der Waals surface area contributed by atoms with E-state index in [4.69, 9.17) is 16.3 Å². The molecule has 0 bridgehead atoms. The molecule has 5 nitrogen and oxygen atoms in total. The zero-order chi connectivity index (χ0) is 13.7. The Kier molecular flexibility index (Phi) is 4.52. The van der Waals surface area contributed by atoms with Gasteiger partial charge in [-0.1, -0.05) is 16.8 Å². The van der Waals surface area contributed by atoms with E-state index in [1.54, 1.807) is 16.8 Å². The van der Waals surface area contributed by atoms with Gasteiger partial charge in [0.05, 0.1) is 12.3 Å². The van der Waals surface area contributed by atoms with Crippen LogP contribution in [0.4, 0.5) is 0 Å². The minimum absolute atomic E-state index is 0.388. The molecule has 100 valence electrons. The molecule has 0 atom stereocenters. The molecule has 0 aliphatic carbocycles. The summed E-state index contributed by atoms with van der Waals surface area (Å²) in [6, 6.07) is 7.23. The number of ether oxygens (including phenoxy) is 1. The summed E-state index contributed by atoms with van der Waals surface area (Å²) >= 11 is 5.78. The number of aldehydes is 1. The quantitative estimate of drug-likeness (QED) is 0.602. The number of carbonyl (C=O) groups excluding carboxylic acids is 1. The van der Waals surface area contributed by atoms with Crippen LogP contribution in [-0.2, 0) is 6.54 Å². The highest BCUT2D eigenvalue weighted by Crippen LogP contribution is 2.15. The van der Waals surface area contributed by atoms with E-state index in [2.05, 4.69) is 10.3 Å². The van der Waals surface area contributed by atoms with Gasteiger partial charge in [0.25, 0.3) is 0 Å². The fraction of sp³-hybridized carbons (Fsp3) is 0.308. The highest BCUT2D eigenvalue weighted by Gasteiger charge is 2.06. The van der Waals surface area contributed by atoms with Crippen LogP contribution in [0.15, 0.2) is 24.3 Å². The zero-order valence-electron chi connectivity index (χ0n) is 10.5. The topological polar surface area (TPSA) is 57.0 Å². The molecule has 0 N–H and O–H groups in total. The van der Waals surface area contributed by atoms with Crippen LogP contribution >= 0.6 is 11.6 Å². The molecule has 2 aromatic rings. The van der Waals surface area contributed by atoms with E-state index in [9.17, 15) is 4.79 Å². The molecule has 0 amide bonds. The summed E-state index contributed by atoms with van der Waals surface area (Å²) in [6.45, 7) is 3.06. The minimum Gasteiger partial charge on any atom is -0.494 e. The molecule has 0 unspecified atom stereocenters. The van der Waals surface area contributed by atoms with Crippen molar-refractivity contribution in [1.82, 2.24) is 15.0 Å². The maximum atomic E-state index is 10.6. The minimum atomic E-state index is 0.388. The number of halogens is 1. The average Bonchev–Trinajstić information content (AvgIpc) is 2.77. The number of carbonyl (C=O) groups is 1. The number of benzene rings is 1. The third-order valence-corrected chi connectivity index (χ3v) is 2.98. The standard InChI is InChI=1S/C13H14ClN3O2/c1-10-13(9-18)15-16-17(10)7-2-8-19-12-5-3-11(14)4-6-12/h3-6,9H,2,7-8H2,1H3. The molecule has 0 spiro atoms. The third kappa shape index (κ3) is 3.54. The van der Waals surface area contributed by atoms with Crippen molar-refractivity contribution >= 4 is 17.9 Å². The van der Waals surface area contributed by atoms with Crippen LogP contribution < -0.4 is 4.74 Å². The van der Waals surface area contributed by atoms with Crippen LogP contribution in [0.25, 0.3) is 0 Å². The summed E-state index contributed by atoms with van der Waals surface area (Å²) < 4.78 is 7.27. The van der Waals surface area contributed by atoms with Crippen molar-refractivity contribution in [3.63, 3.8) is 0 Å². The molecule has 19 heavy (non-hydrogen) atoms. The number of hydrogen-bond acceptors (Lipinski definition) is 4. The first kappa shape index (κ1) is 13.5. The zero-order valence-corrected chi connectivity index (χ0v) is 11.3. The number of aromatic nitrogens is 3. The largest absolute Gasteiger partial charge is 0.494 e. The third-order valence-electron chi connectivity index (χ3n) is 2.73. The van der Waals surface area contributed by atoms with Crippen molar-refractivity contribution in [2.75, 3.05) is 6.61 Å². The lowest BCUT2D eigenvalue weighted by atomic mass is 10.3. The Balaban J connectivity index is 1.79. The van der Waals surface area contributed by atoms with Gasteiger partial charge in [-0.15, -0.1) is 5.10 Å². The first-order valence-corrected chi connectivity index (χ1v) is 6.32. The van der Waals surface area contributed by atoms with Gasteiger partial charge in [0, 0.05) is 18.0 Å². The van der Waals surface area contributed by atoms with Crippen LogP contribution in [0.3, 0.4) is 0 Å². The van der Waals surface area contributed by atoms with Crippen LogP contribution in [0, 0.1) is 6.92 Å². The van der Waals surface area contributed by atoms with Gasteiger partial charge in [0.2, 0.25) is 0 Å². The predicted octanol–water partition coefficient (Wildman–Crippen LogP) is 2.52. The molecule has 0 saturated carbocycles. The maximum absolute atomic E-state index is 10.6. The molecule has 2 rings (SSSR count). The highest BCUT2D eigenvalue weighted by atomic mass is 35.5. The lowest BCUT2D eigenvalue weighted by molar-refractivity contribution is 0.111. The second-order valence-corrected chi connectivity index (χ2v) is 4.49. The lowest BCUT2D eigenvalue weighted by Gasteiger charge is -2.06. The van der Waals surface area contributed by atoms with Gasteiger partial charge in [-0.3, -0.25) is 4.79 Å². The Hall–Kier alpha value is -1.88. The van der Waals surface area contributed by atoms with E-state index in [1.807, 2.05) is 19.1 Å². The smallest absolute Gasteiger partial charge is 0.172 e. The Morgan fingerprint density at radius 2 is 2.11 bits per heavy atom. The van der Waals surface area contributed by atoms with Gasteiger partial charge in [0.15, 0.2) is 6.29 Å². The van der Waals surface area contributed by atoms with E-state index < -0.39 is 0 Å². The molecule has 0 saturated heterocycles. The van der Waals surface area contributed by atoms with Gasteiger partial charge in [0.1, 0.15) is 11.4 Å². The van der Waals surface area contributed by atoms with E-state index in [0.29, 0.717) is 30.2 Å². The summed E-state index contributed by atoms with van der Waals surface area (Å²) in [5.41, 5.74) is 1.17. The van der Waals surface area contributed by atoms with Crippen LogP contribution in [-0.4, -0.2) is 27.9 Å². The van der Waals surface area contributed by atoms with E-state index >= 15 is 0 Å². The normalized spacial score (nSPS) is 10.4. The molecule has 0 radical (unpaired) electrons. The summed E-state index contributed by atoms with van der Waals surface area (Å²) in [5, 5.41) is 8.36. The Labute approximate surface area is 116 Å². The second kappa shape index (κ2) is 6.33. The molecule has 0 aliphatic rings. The van der Waals surface area contributed by atoms with Crippen molar-refractivity contribution in [2.24, 2.45) is 0 Å². The van der Waals surface area contributed by atoms with E-state index in [-0.39, 0.29) is 0 Å². The summed E-state index contributed by atoms with van der Waals surface area (Å²) in [4.78, 5) is 10.6. The number of hydrogen-bond donors (Lipinski definition) is 0. The SMILES string of the molecule is Cc1c(C=O)nnn1CCCOc1ccc(Cl)cc1. The highest BCUT2D eigenvalue weighted by molar-refractivity contribution is 6.30. The van der Waals surface area contributed by atoms with Gasteiger partial charge in [-0.05, 0) is 31.2 Å². The molecule has 1 aromatic carbocycles. The van der Waals surface area contributed by atoms with Crippen molar-refractivity contribution in [2.45, 2.75) is 19.9 Å². The van der Waals surface area contributed by atoms with Crippen molar-refractivity contribution in [3.8, 4) is 5.75 Å². The molecular formula is C13H14ClN3O2. The molecule has 6 heteroatoms. The average molecular weight is 280 g/mol. The van der Waals surface area contributed by atoms with Gasteiger partial charge in [-0.2, -0.15) is 0 Å². The predicted molar refractivity (Wildman–Crippen MR) is 71.7 cm³/mol. The Morgan fingerprint density at radius 3 is 2.74 bits per heavy atom. The van der Waals surface area contributed by atoms with Crippen LogP contribution in [0.2, 0.25) is 5.02 Å². The first-order chi connectivity index (χ1) is 9.20.